The average molecular weight is 537 g/mol. The van der Waals surface area contributed by atoms with Crippen LogP contribution in [0.15, 0.2) is 23.8 Å². The summed E-state index contributed by atoms with van der Waals surface area (Å²) in [5, 5.41) is 17.8. The van der Waals surface area contributed by atoms with Gasteiger partial charge in [-0.3, -0.25) is 0 Å². The molecule has 10 nitrogen and oxygen atoms in total. The van der Waals surface area contributed by atoms with Crippen molar-refractivity contribution < 1.29 is 43.1 Å². The average Bonchev–Trinajstić information content (AvgIpc) is 2.88. The minimum atomic E-state index is -1.65. The topological polar surface area (TPSA) is 141 Å². The van der Waals surface area contributed by atoms with Gasteiger partial charge >= 0.3 is 194 Å². The van der Waals surface area contributed by atoms with Crippen LogP contribution in [0.2, 0.25) is 0 Å². The SMILES string of the molecule is CCCCCCCC(=O)O[C@H]1C(=CC(=O)OC)C[C@@H](C[C@@H](O)[C@@H](C)OB=N)O[C@@]1(OC)C(C)(C)C=CC=O. The zero-order valence-electron chi connectivity index (χ0n) is 23.6. The number of carbonyl (C=O) groups excluding carboxylic acids is 3. The van der Waals surface area contributed by atoms with Crippen LogP contribution in [0.3, 0.4) is 0 Å². The zero-order valence-corrected chi connectivity index (χ0v) is 23.6. The van der Waals surface area contributed by atoms with Gasteiger partial charge in [-0.2, -0.15) is 0 Å². The molecule has 0 bridgehead atoms. The second-order valence-electron chi connectivity index (χ2n) is 10.1. The Kier molecular flexibility index (Phi) is 14.7. The van der Waals surface area contributed by atoms with Crippen LogP contribution in [0.1, 0.15) is 79.1 Å². The number of carbonyl (C=O) groups is 3. The molecule has 0 spiro atoms. The Labute approximate surface area is 226 Å². The number of unbranched alkanes of at least 4 members (excludes halogenated alkanes) is 4. The molecule has 0 radical (unpaired) electrons. The van der Waals surface area contributed by atoms with Crippen LogP contribution in [0.25, 0.3) is 0 Å². The van der Waals surface area contributed by atoms with Crippen LogP contribution in [-0.2, 0) is 38.0 Å². The molecule has 11 heteroatoms. The van der Waals surface area contributed by atoms with Crippen molar-refractivity contribution in [1.29, 1.82) is 5.31 Å². The molecule has 0 aliphatic carbocycles. The van der Waals surface area contributed by atoms with Crippen molar-refractivity contribution in [3.05, 3.63) is 23.8 Å². The molecule has 0 aromatic carbocycles. The molecule has 1 heterocycles. The Hall–Kier alpha value is -2.37. The van der Waals surface area contributed by atoms with Crippen LogP contribution in [0.5, 0.6) is 0 Å². The molecule has 0 aromatic rings. The van der Waals surface area contributed by atoms with Gasteiger partial charge in [-0.05, 0) is 0 Å². The Morgan fingerprint density at radius 2 is 1.95 bits per heavy atom. The Morgan fingerprint density at radius 1 is 1.26 bits per heavy atom. The number of rotatable bonds is 17. The molecular weight excluding hydrogens is 493 g/mol. The molecule has 0 unspecified atom stereocenters. The number of aliphatic hydroxyl groups excluding tert-OH is 1. The first-order valence-corrected chi connectivity index (χ1v) is 13.2. The van der Waals surface area contributed by atoms with Crippen LogP contribution in [0.4, 0.5) is 0 Å². The first-order chi connectivity index (χ1) is 18.0. The van der Waals surface area contributed by atoms with Crippen molar-refractivity contribution in [3.63, 3.8) is 0 Å². The van der Waals surface area contributed by atoms with Crippen molar-refractivity contribution in [3.8, 4) is 0 Å². The quantitative estimate of drug-likeness (QED) is 0.0931. The van der Waals surface area contributed by atoms with Crippen molar-refractivity contribution in [2.75, 3.05) is 14.2 Å². The van der Waals surface area contributed by atoms with Gasteiger partial charge in [-0.1, -0.05) is 32.6 Å². The third-order valence-electron chi connectivity index (χ3n) is 6.85. The van der Waals surface area contributed by atoms with E-state index in [2.05, 4.69) is 6.92 Å². The van der Waals surface area contributed by atoms with Crippen molar-refractivity contribution in [2.45, 2.75) is 109 Å². The summed E-state index contributed by atoms with van der Waals surface area (Å²) < 4.78 is 28.3. The van der Waals surface area contributed by atoms with E-state index in [4.69, 9.17) is 28.9 Å². The number of ether oxygens (including phenoxy) is 4. The minimum absolute atomic E-state index is 0.0736. The van der Waals surface area contributed by atoms with Gasteiger partial charge in [0.1, 0.15) is 0 Å². The molecule has 0 amide bonds. The molecule has 214 valence electrons. The molecule has 38 heavy (non-hydrogen) atoms. The predicted molar refractivity (Wildman–Crippen MR) is 141 cm³/mol. The van der Waals surface area contributed by atoms with Gasteiger partial charge < -0.3 is 0 Å². The van der Waals surface area contributed by atoms with Gasteiger partial charge in [0, 0.05) is 0 Å². The first-order valence-electron chi connectivity index (χ1n) is 13.2. The van der Waals surface area contributed by atoms with Crippen molar-refractivity contribution in [2.24, 2.45) is 5.41 Å². The molecule has 5 atom stereocenters. The molecular formula is C27H44BNO9. The number of esters is 2. The van der Waals surface area contributed by atoms with Gasteiger partial charge in [0.15, 0.2) is 0 Å². The fourth-order valence-electron chi connectivity index (χ4n) is 4.62. The molecule has 1 rings (SSSR count). The van der Waals surface area contributed by atoms with Crippen LogP contribution < -0.4 is 0 Å². The maximum absolute atomic E-state index is 13.0. The number of aldehydes is 1. The van der Waals surface area contributed by atoms with E-state index in [1.165, 1.54) is 26.4 Å². The number of hydrogen-bond donors (Lipinski definition) is 2. The van der Waals surface area contributed by atoms with E-state index in [9.17, 15) is 19.5 Å². The van der Waals surface area contributed by atoms with Crippen LogP contribution in [0, 0.1) is 10.7 Å². The standard InChI is InChI=1S/C27H44BNO9/c1-7-8-9-10-11-13-23(32)36-25-20(17-24(33)34-5)16-21(18-22(31)19(2)38-28-29)37-27(25,35-6)26(3,4)14-12-15-30/h12,14-15,17,19,21-22,25,29,31H,7-11,13,16,18H2,1-6H3/t19-,21+,22-,25+,27-/m1/s1. The summed E-state index contributed by atoms with van der Waals surface area (Å²) in [5.74, 6) is -2.76. The molecule has 0 aromatic heterocycles. The van der Waals surface area contributed by atoms with E-state index in [1.807, 2.05) is 0 Å². The van der Waals surface area contributed by atoms with E-state index in [0.717, 1.165) is 33.0 Å². The second-order valence-corrected chi connectivity index (χ2v) is 10.1. The molecule has 0 saturated carbocycles. The number of allylic oxidation sites excluding steroid dienone is 1. The second kappa shape index (κ2) is 16.6. The maximum atomic E-state index is 13.0. The number of methoxy groups -OCH3 is 2. The molecule has 1 saturated heterocycles. The Bertz CT molecular complexity index is 844. The Morgan fingerprint density at radius 3 is 2.53 bits per heavy atom. The van der Waals surface area contributed by atoms with Gasteiger partial charge in [0.2, 0.25) is 0 Å². The molecule has 1 aliphatic rings. The summed E-state index contributed by atoms with van der Waals surface area (Å²) >= 11 is 0. The van der Waals surface area contributed by atoms with E-state index in [1.54, 1.807) is 26.8 Å². The molecule has 1 aliphatic heterocycles. The summed E-state index contributed by atoms with van der Waals surface area (Å²) in [5.41, 5.74) is -0.639. The van der Waals surface area contributed by atoms with Crippen molar-refractivity contribution >= 4 is 25.5 Å². The van der Waals surface area contributed by atoms with E-state index >= 15 is 0 Å². The normalized spacial score (nSPS) is 24.4. The summed E-state index contributed by atoms with van der Waals surface area (Å²) in [6.07, 6.45) is 6.42. The monoisotopic (exact) mass is 537 g/mol. The molecule has 2 N–H and O–H groups in total. The van der Waals surface area contributed by atoms with Gasteiger partial charge in [-0.15, -0.1) is 0 Å². The number of aliphatic hydroxyl groups is 1. The van der Waals surface area contributed by atoms with Crippen LogP contribution >= 0.6 is 0 Å². The van der Waals surface area contributed by atoms with Crippen molar-refractivity contribution in [1.82, 2.24) is 0 Å². The van der Waals surface area contributed by atoms with Crippen LogP contribution in [-0.4, -0.2) is 75.0 Å². The predicted octanol–water partition coefficient (Wildman–Crippen LogP) is 3.81. The van der Waals surface area contributed by atoms with Gasteiger partial charge in [0.05, 0.1) is 0 Å². The fraction of sp³-hybridized carbons (Fsp3) is 0.741. The zero-order chi connectivity index (χ0) is 28.8. The van der Waals surface area contributed by atoms with E-state index < -0.39 is 47.6 Å². The summed E-state index contributed by atoms with van der Waals surface area (Å²) in [4.78, 5) is 36.5. The summed E-state index contributed by atoms with van der Waals surface area (Å²) in [7, 11) is 3.40. The van der Waals surface area contributed by atoms with Gasteiger partial charge in [-0.25, -0.2) is 0 Å². The molecule has 1 fully saturated rings. The fourth-order valence-corrected chi connectivity index (χ4v) is 4.62. The Balaban J connectivity index is 3.48. The van der Waals surface area contributed by atoms with E-state index in [-0.39, 0.29) is 19.3 Å². The van der Waals surface area contributed by atoms with Gasteiger partial charge in [0.25, 0.3) is 0 Å². The van der Waals surface area contributed by atoms with E-state index in [0.29, 0.717) is 18.3 Å². The third kappa shape index (κ3) is 9.43. The summed E-state index contributed by atoms with van der Waals surface area (Å²) in [6.45, 7) is 7.26. The number of hydrogen-bond acceptors (Lipinski definition) is 10. The number of nitrogens with one attached hydrogen (secondary N) is 1. The third-order valence-corrected chi connectivity index (χ3v) is 6.85. The first kappa shape index (κ1) is 33.7. The summed E-state index contributed by atoms with van der Waals surface area (Å²) in [6, 6.07) is 0.